The molecule has 0 atom stereocenters. The smallest absolute Gasteiger partial charge is 0.252 e. The van der Waals surface area contributed by atoms with Crippen LogP contribution in [0.5, 0.6) is 5.75 Å². The maximum absolute atomic E-state index is 11.9. The number of nitrogens with zero attached hydrogens (tertiary/aromatic N) is 2. The lowest BCUT2D eigenvalue weighted by Crippen LogP contribution is -2.10. The average molecular weight is 390 g/mol. The van der Waals surface area contributed by atoms with Crippen LogP contribution < -0.4 is 15.7 Å². The fourth-order valence-electron chi connectivity index (χ4n) is 2.84. The van der Waals surface area contributed by atoms with Crippen molar-refractivity contribution in [1.82, 2.24) is 9.97 Å². The van der Waals surface area contributed by atoms with Gasteiger partial charge in [0.05, 0.1) is 18.5 Å². The molecule has 6 heteroatoms. The second-order valence-corrected chi connectivity index (χ2v) is 6.70. The van der Waals surface area contributed by atoms with E-state index in [0.29, 0.717) is 5.69 Å². The van der Waals surface area contributed by atoms with Gasteiger partial charge in [0.2, 0.25) is 5.95 Å². The van der Waals surface area contributed by atoms with E-state index in [9.17, 15) is 4.79 Å². The largest absolute Gasteiger partial charge is 0.494 e. The number of hydrogen-bond donors (Lipinski definition) is 2. The zero-order valence-corrected chi connectivity index (χ0v) is 16.6. The minimum Gasteiger partial charge on any atom is -0.494 e. The lowest BCUT2D eigenvalue weighted by Gasteiger charge is -2.06. The van der Waals surface area contributed by atoms with E-state index in [1.54, 1.807) is 6.21 Å². The second kappa shape index (κ2) is 10.8. The summed E-state index contributed by atoms with van der Waals surface area (Å²) >= 11 is 0. The number of nitrogens with one attached hydrogen (secondary N) is 2. The summed E-state index contributed by atoms with van der Waals surface area (Å²) in [5.74, 6) is 1.11. The molecule has 0 fully saturated rings. The summed E-state index contributed by atoms with van der Waals surface area (Å²) in [6.07, 6.45) is 6.37. The Bertz CT molecular complexity index is 983. The van der Waals surface area contributed by atoms with E-state index in [4.69, 9.17) is 4.74 Å². The Hall–Kier alpha value is -3.41. The molecule has 0 spiro atoms. The van der Waals surface area contributed by atoms with Gasteiger partial charge in [0.15, 0.2) is 0 Å². The van der Waals surface area contributed by atoms with Crippen LogP contribution in [-0.2, 0) is 0 Å². The summed E-state index contributed by atoms with van der Waals surface area (Å²) in [5.41, 5.74) is 4.90. The minimum absolute atomic E-state index is 0.241. The fourth-order valence-corrected chi connectivity index (χ4v) is 2.84. The van der Waals surface area contributed by atoms with Crippen molar-refractivity contribution in [3.05, 3.63) is 76.6 Å². The van der Waals surface area contributed by atoms with E-state index in [1.165, 1.54) is 25.3 Å². The van der Waals surface area contributed by atoms with Crippen molar-refractivity contribution in [2.24, 2.45) is 5.10 Å². The highest BCUT2D eigenvalue weighted by Gasteiger charge is 2.03. The average Bonchev–Trinajstić information content (AvgIpc) is 2.74. The number of benzene rings is 2. The van der Waals surface area contributed by atoms with E-state index in [1.807, 2.05) is 54.6 Å². The molecule has 0 bridgehead atoms. The quantitative estimate of drug-likeness (QED) is 0.295. The molecule has 3 rings (SSSR count). The second-order valence-electron chi connectivity index (χ2n) is 6.70. The van der Waals surface area contributed by atoms with Gasteiger partial charge in [-0.25, -0.2) is 10.4 Å². The van der Waals surface area contributed by atoms with Crippen LogP contribution in [-0.4, -0.2) is 22.8 Å². The molecule has 0 amide bonds. The van der Waals surface area contributed by atoms with Gasteiger partial charge in [-0.05, 0) is 24.1 Å². The third-order valence-electron chi connectivity index (χ3n) is 4.32. The molecular weight excluding hydrogens is 364 g/mol. The number of aromatic amines is 1. The van der Waals surface area contributed by atoms with Crippen molar-refractivity contribution in [3.63, 3.8) is 0 Å². The number of rotatable bonds is 10. The zero-order valence-electron chi connectivity index (χ0n) is 16.6. The van der Waals surface area contributed by atoms with E-state index in [2.05, 4.69) is 27.4 Å². The molecule has 0 aliphatic carbocycles. The predicted octanol–water partition coefficient (Wildman–Crippen LogP) is 4.84. The molecule has 0 aliphatic rings. The molecule has 6 nitrogen and oxygen atoms in total. The van der Waals surface area contributed by atoms with Crippen molar-refractivity contribution in [3.8, 4) is 17.0 Å². The van der Waals surface area contributed by atoms with Gasteiger partial charge >= 0.3 is 0 Å². The number of unbranched alkanes of at least 4 members (excludes halogenated alkanes) is 3. The molecule has 0 unspecified atom stereocenters. The van der Waals surface area contributed by atoms with E-state index in [-0.39, 0.29) is 11.5 Å². The first-order valence-corrected chi connectivity index (χ1v) is 9.93. The van der Waals surface area contributed by atoms with Crippen LogP contribution in [0.1, 0.15) is 38.2 Å². The Morgan fingerprint density at radius 1 is 1.07 bits per heavy atom. The molecular formula is C23H26N4O2. The summed E-state index contributed by atoms with van der Waals surface area (Å²) in [7, 11) is 0. The zero-order chi connectivity index (χ0) is 20.3. The summed E-state index contributed by atoms with van der Waals surface area (Å²) in [4.78, 5) is 19.0. The summed E-state index contributed by atoms with van der Waals surface area (Å²) in [6, 6.07) is 18.7. The van der Waals surface area contributed by atoms with Crippen LogP contribution in [0.2, 0.25) is 0 Å². The molecule has 3 aromatic rings. The third kappa shape index (κ3) is 6.60. The van der Waals surface area contributed by atoms with Gasteiger partial charge in [0.25, 0.3) is 5.56 Å². The van der Waals surface area contributed by atoms with Crippen LogP contribution in [0.3, 0.4) is 0 Å². The lowest BCUT2D eigenvalue weighted by molar-refractivity contribution is 0.305. The Morgan fingerprint density at radius 3 is 2.76 bits per heavy atom. The van der Waals surface area contributed by atoms with Gasteiger partial charge in [-0.15, -0.1) is 0 Å². The monoisotopic (exact) mass is 390 g/mol. The summed E-state index contributed by atoms with van der Waals surface area (Å²) in [5, 5.41) is 4.19. The Kier molecular flexibility index (Phi) is 7.57. The van der Waals surface area contributed by atoms with Crippen LogP contribution in [0, 0.1) is 0 Å². The molecule has 0 aliphatic heterocycles. The number of hydrogen-bond acceptors (Lipinski definition) is 5. The van der Waals surface area contributed by atoms with Crippen molar-refractivity contribution in [2.45, 2.75) is 32.6 Å². The van der Waals surface area contributed by atoms with Gasteiger partial charge in [-0.1, -0.05) is 68.7 Å². The SMILES string of the molecule is CCCCCCOc1cccc(/C=N/Nc2nc(-c3ccccc3)cc(=O)[nH]2)c1. The first kappa shape index (κ1) is 20.3. The van der Waals surface area contributed by atoms with E-state index >= 15 is 0 Å². The first-order valence-electron chi connectivity index (χ1n) is 9.93. The molecule has 0 saturated heterocycles. The van der Waals surface area contributed by atoms with Crippen LogP contribution >= 0.6 is 0 Å². The topological polar surface area (TPSA) is 79.4 Å². The lowest BCUT2D eigenvalue weighted by atomic mass is 10.1. The highest BCUT2D eigenvalue weighted by molar-refractivity contribution is 5.80. The molecule has 1 aromatic heterocycles. The fraction of sp³-hybridized carbons (Fsp3) is 0.261. The number of H-pyrrole nitrogens is 1. The number of aromatic nitrogens is 2. The van der Waals surface area contributed by atoms with Crippen molar-refractivity contribution >= 4 is 12.2 Å². The van der Waals surface area contributed by atoms with Crippen molar-refractivity contribution in [1.29, 1.82) is 0 Å². The summed E-state index contributed by atoms with van der Waals surface area (Å²) in [6.45, 7) is 2.91. The van der Waals surface area contributed by atoms with E-state index < -0.39 is 0 Å². The van der Waals surface area contributed by atoms with Crippen LogP contribution in [0.25, 0.3) is 11.3 Å². The van der Waals surface area contributed by atoms with Crippen LogP contribution in [0.15, 0.2) is 70.6 Å². The standard InChI is InChI=1S/C23H26N4O2/c1-2-3-4-8-14-29-20-13-9-10-18(15-20)17-24-27-23-25-21(16-22(28)26-23)19-11-6-5-7-12-19/h5-7,9-13,15-17H,2-4,8,14H2,1H3,(H2,25,26,27,28)/b24-17+. The van der Waals surface area contributed by atoms with Crippen LogP contribution in [0.4, 0.5) is 5.95 Å². The number of hydrazone groups is 1. The van der Waals surface area contributed by atoms with E-state index in [0.717, 1.165) is 29.9 Å². The first-order chi connectivity index (χ1) is 14.2. The summed E-state index contributed by atoms with van der Waals surface area (Å²) < 4.78 is 5.80. The molecule has 29 heavy (non-hydrogen) atoms. The minimum atomic E-state index is -0.241. The molecule has 2 N–H and O–H groups in total. The predicted molar refractivity (Wildman–Crippen MR) is 118 cm³/mol. The van der Waals surface area contributed by atoms with Gasteiger partial charge in [-0.2, -0.15) is 5.10 Å². The Morgan fingerprint density at radius 2 is 1.93 bits per heavy atom. The normalized spacial score (nSPS) is 10.9. The van der Waals surface area contributed by atoms with Gasteiger partial charge in [-0.3, -0.25) is 9.78 Å². The highest BCUT2D eigenvalue weighted by atomic mass is 16.5. The third-order valence-corrected chi connectivity index (χ3v) is 4.32. The Balaban J connectivity index is 1.61. The van der Waals surface area contributed by atoms with Gasteiger partial charge < -0.3 is 4.74 Å². The Labute approximate surface area is 170 Å². The van der Waals surface area contributed by atoms with Gasteiger partial charge in [0, 0.05) is 11.6 Å². The van der Waals surface area contributed by atoms with Gasteiger partial charge in [0.1, 0.15) is 5.75 Å². The molecule has 0 saturated carbocycles. The van der Waals surface area contributed by atoms with Crippen molar-refractivity contribution in [2.75, 3.05) is 12.0 Å². The maximum atomic E-state index is 11.9. The molecule has 150 valence electrons. The van der Waals surface area contributed by atoms with Crippen molar-refractivity contribution < 1.29 is 4.74 Å². The highest BCUT2D eigenvalue weighted by Crippen LogP contribution is 2.16. The molecule has 1 heterocycles. The number of anilines is 1. The molecule has 0 radical (unpaired) electrons. The maximum Gasteiger partial charge on any atom is 0.252 e. The molecule has 2 aromatic carbocycles. The number of ether oxygens (including phenoxy) is 1.